The summed E-state index contributed by atoms with van der Waals surface area (Å²) in [6.45, 7) is 1.46. The molecule has 1 aliphatic heterocycles. The van der Waals surface area contributed by atoms with Gasteiger partial charge in [-0.05, 0) is 31.9 Å². The summed E-state index contributed by atoms with van der Waals surface area (Å²) in [5.74, 6) is -1.54. The Balaban J connectivity index is 1.76. The third-order valence-corrected chi connectivity index (χ3v) is 4.55. The number of hydrogen-bond donors (Lipinski definition) is 2. The van der Waals surface area contributed by atoms with Crippen molar-refractivity contribution < 1.29 is 18.8 Å². The van der Waals surface area contributed by atoms with E-state index in [1.807, 2.05) is 0 Å². The summed E-state index contributed by atoms with van der Waals surface area (Å²) >= 11 is 0. The minimum absolute atomic E-state index is 0.0204. The second-order valence-corrected chi connectivity index (χ2v) is 6.04. The van der Waals surface area contributed by atoms with Gasteiger partial charge in [-0.3, -0.25) is 9.59 Å². The van der Waals surface area contributed by atoms with Crippen molar-refractivity contribution >= 4 is 23.5 Å². The average molecular weight is 319 g/mol. The third-order valence-electron chi connectivity index (χ3n) is 4.55. The molecule has 1 aromatic rings. The van der Waals surface area contributed by atoms with Gasteiger partial charge in [0.1, 0.15) is 17.4 Å². The zero-order chi connectivity index (χ0) is 16.6. The molecule has 4 amide bonds. The molecule has 23 heavy (non-hydrogen) atoms. The Labute approximate surface area is 133 Å². The largest absolute Gasteiger partial charge is 0.325 e. The number of halogens is 1. The fraction of sp³-hybridized carbons (Fsp3) is 0.438. The monoisotopic (exact) mass is 319 g/mol. The van der Waals surface area contributed by atoms with Crippen LogP contribution in [-0.2, 0) is 9.59 Å². The minimum Gasteiger partial charge on any atom is -0.323 e. The summed E-state index contributed by atoms with van der Waals surface area (Å²) in [6, 6.07) is 4.17. The van der Waals surface area contributed by atoms with Gasteiger partial charge in [-0.2, -0.15) is 0 Å². The normalized spacial score (nSPS) is 20.7. The first-order valence-electron chi connectivity index (χ1n) is 7.66. The van der Waals surface area contributed by atoms with Crippen LogP contribution in [0.5, 0.6) is 0 Å². The van der Waals surface area contributed by atoms with Crippen molar-refractivity contribution in [1.29, 1.82) is 0 Å². The highest BCUT2D eigenvalue weighted by Gasteiger charge is 2.54. The Kier molecular flexibility index (Phi) is 3.79. The van der Waals surface area contributed by atoms with Crippen molar-refractivity contribution in [3.63, 3.8) is 0 Å². The number of amides is 4. The molecule has 2 N–H and O–H groups in total. The number of nitrogens with zero attached hydrogens (tertiary/aromatic N) is 1. The molecule has 0 unspecified atom stereocenters. The Morgan fingerprint density at radius 3 is 2.61 bits per heavy atom. The van der Waals surface area contributed by atoms with Crippen molar-refractivity contribution in [3.05, 3.63) is 30.1 Å². The van der Waals surface area contributed by atoms with Gasteiger partial charge in [-0.25, -0.2) is 14.1 Å². The molecule has 6 nitrogen and oxygen atoms in total. The first-order valence-corrected chi connectivity index (χ1v) is 7.66. The second kappa shape index (κ2) is 5.64. The zero-order valence-electron chi connectivity index (χ0n) is 12.8. The standard InChI is InChI=1S/C16H18FN3O3/c1-10(13(21)18-12-7-3-2-6-11(12)17)20-14(22)16(19-15(20)23)8-4-5-9-16/h2-3,6-7,10H,4-5,8-9H2,1H3,(H,18,21)(H,19,23)/t10-/m1/s1. The molecule has 1 atom stereocenters. The quantitative estimate of drug-likeness (QED) is 0.837. The smallest absolute Gasteiger partial charge is 0.323 e. The zero-order valence-corrected chi connectivity index (χ0v) is 12.8. The molecule has 1 aromatic carbocycles. The van der Waals surface area contributed by atoms with E-state index in [0.29, 0.717) is 12.8 Å². The van der Waals surface area contributed by atoms with E-state index in [9.17, 15) is 18.8 Å². The number of nitrogens with one attached hydrogen (secondary N) is 2. The highest BCUT2D eigenvalue weighted by Crippen LogP contribution is 2.35. The van der Waals surface area contributed by atoms with Crippen molar-refractivity contribution in [2.45, 2.75) is 44.2 Å². The Hall–Kier alpha value is -2.44. The molecule has 1 saturated heterocycles. The van der Waals surface area contributed by atoms with Crippen LogP contribution in [0, 0.1) is 5.82 Å². The first-order chi connectivity index (χ1) is 10.9. The molecule has 2 aliphatic rings. The predicted molar refractivity (Wildman–Crippen MR) is 81.1 cm³/mol. The van der Waals surface area contributed by atoms with Crippen LogP contribution in [-0.4, -0.2) is 34.3 Å². The van der Waals surface area contributed by atoms with E-state index in [2.05, 4.69) is 10.6 Å². The molecule has 7 heteroatoms. The number of benzene rings is 1. The highest BCUT2D eigenvalue weighted by atomic mass is 19.1. The number of imide groups is 1. The van der Waals surface area contributed by atoms with Crippen LogP contribution in [0.25, 0.3) is 0 Å². The minimum atomic E-state index is -1.01. The van der Waals surface area contributed by atoms with Gasteiger partial charge >= 0.3 is 6.03 Å². The summed E-state index contributed by atoms with van der Waals surface area (Å²) in [5, 5.41) is 5.14. The number of rotatable bonds is 3. The summed E-state index contributed by atoms with van der Waals surface area (Å²) in [5.41, 5.74) is -0.837. The number of carbonyl (C=O) groups is 3. The lowest BCUT2D eigenvalue weighted by molar-refractivity contribution is -0.136. The van der Waals surface area contributed by atoms with Crippen molar-refractivity contribution in [3.8, 4) is 0 Å². The lowest BCUT2D eigenvalue weighted by Gasteiger charge is -2.23. The molecule has 1 saturated carbocycles. The molecule has 0 bridgehead atoms. The van der Waals surface area contributed by atoms with E-state index >= 15 is 0 Å². The summed E-state index contributed by atoms with van der Waals surface area (Å²) in [6.07, 6.45) is 2.93. The van der Waals surface area contributed by atoms with E-state index in [-0.39, 0.29) is 11.6 Å². The molecular weight excluding hydrogens is 301 g/mol. The molecule has 0 radical (unpaired) electrons. The van der Waals surface area contributed by atoms with Gasteiger partial charge in [0.2, 0.25) is 5.91 Å². The Bertz CT molecular complexity index is 670. The third kappa shape index (κ3) is 2.56. The molecule has 3 rings (SSSR count). The summed E-state index contributed by atoms with van der Waals surface area (Å²) < 4.78 is 13.6. The molecule has 122 valence electrons. The van der Waals surface area contributed by atoms with E-state index in [0.717, 1.165) is 17.7 Å². The van der Waals surface area contributed by atoms with Crippen LogP contribution in [0.2, 0.25) is 0 Å². The first kappa shape index (κ1) is 15.5. The molecule has 2 fully saturated rings. The molecule has 1 aliphatic carbocycles. The van der Waals surface area contributed by atoms with Crippen LogP contribution in [0.1, 0.15) is 32.6 Å². The molecule has 1 heterocycles. The second-order valence-electron chi connectivity index (χ2n) is 6.04. The number of urea groups is 1. The van der Waals surface area contributed by atoms with Crippen LogP contribution in [0.15, 0.2) is 24.3 Å². The van der Waals surface area contributed by atoms with Crippen molar-refractivity contribution in [2.24, 2.45) is 0 Å². The highest BCUT2D eigenvalue weighted by molar-refractivity contribution is 6.11. The number of hydrogen-bond acceptors (Lipinski definition) is 3. The van der Waals surface area contributed by atoms with E-state index < -0.39 is 29.3 Å². The Morgan fingerprint density at radius 1 is 1.30 bits per heavy atom. The molecule has 0 aromatic heterocycles. The van der Waals surface area contributed by atoms with Gasteiger partial charge in [-0.1, -0.05) is 25.0 Å². The fourth-order valence-electron chi connectivity index (χ4n) is 3.23. The maximum Gasteiger partial charge on any atom is 0.325 e. The number of anilines is 1. The van der Waals surface area contributed by atoms with E-state index in [1.54, 1.807) is 6.07 Å². The van der Waals surface area contributed by atoms with Crippen molar-refractivity contribution in [2.75, 3.05) is 5.32 Å². The summed E-state index contributed by atoms with van der Waals surface area (Å²) in [7, 11) is 0. The summed E-state index contributed by atoms with van der Waals surface area (Å²) in [4.78, 5) is 38.0. The maximum atomic E-state index is 13.6. The van der Waals surface area contributed by atoms with Crippen LogP contribution in [0.4, 0.5) is 14.9 Å². The SMILES string of the molecule is C[C@H](C(=O)Nc1ccccc1F)N1C(=O)NC2(CCCC2)C1=O. The van der Waals surface area contributed by atoms with Crippen LogP contribution < -0.4 is 10.6 Å². The van der Waals surface area contributed by atoms with Gasteiger partial charge in [0.05, 0.1) is 5.69 Å². The predicted octanol–water partition coefficient (Wildman–Crippen LogP) is 2.02. The van der Waals surface area contributed by atoms with Gasteiger partial charge in [0.25, 0.3) is 5.91 Å². The van der Waals surface area contributed by atoms with Crippen LogP contribution >= 0.6 is 0 Å². The van der Waals surface area contributed by atoms with Gasteiger partial charge in [0, 0.05) is 0 Å². The maximum absolute atomic E-state index is 13.6. The van der Waals surface area contributed by atoms with E-state index in [4.69, 9.17) is 0 Å². The number of para-hydroxylation sites is 1. The molecular formula is C16H18FN3O3. The Morgan fingerprint density at radius 2 is 1.96 bits per heavy atom. The lowest BCUT2D eigenvalue weighted by atomic mass is 9.97. The van der Waals surface area contributed by atoms with E-state index in [1.165, 1.54) is 25.1 Å². The van der Waals surface area contributed by atoms with Crippen molar-refractivity contribution in [1.82, 2.24) is 10.2 Å². The molecule has 1 spiro atoms. The van der Waals surface area contributed by atoms with Gasteiger partial charge < -0.3 is 10.6 Å². The lowest BCUT2D eigenvalue weighted by Crippen LogP contribution is -2.48. The van der Waals surface area contributed by atoms with Gasteiger partial charge in [0.15, 0.2) is 0 Å². The van der Waals surface area contributed by atoms with Gasteiger partial charge in [-0.15, -0.1) is 0 Å². The topological polar surface area (TPSA) is 78.5 Å². The van der Waals surface area contributed by atoms with Crippen LogP contribution in [0.3, 0.4) is 0 Å². The average Bonchev–Trinajstić information content (AvgIpc) is 3.07. The fourth-order valence-corrected chi connectivity index (χ4v) is 3.23. The number of carbonyl (C=O) groups excluding carboxylic acids is 3.